The van der Waals surface area contributed by atoms with Crippen molar-refractivity contribution >= 4 is 35.0 Å². The molecule has 0 aliphatic rings. The van der Waals surface area contributed by atoms with E-state index in [4.69, 9.17) is 0 Å². The number of nitrogens with one attached hydrogen (secondary N) is 2. The highest BCUT2D eigenvalue weighted by Gasteiger charge is 2.15. The summed E-state index contributed by atoms with van der Waals surface area (Å²) in [5.74, 6) is 0.465. The Hall–Kier alpha value is -3.13. The molecule has 0 saturated carbocycles. The summed E-state index contributed by atoms with van der Waals surface area (Å²) in [6.45, 7) is 8.00. The monoisotopic (exact) mass is 437 g/mol. The molecule has 3 aromatic rings. The Morgan fingerprint density at radius 1 is 0.903 bits per heavy atom. The van der Waals surface area contributed by atoms with E-state index in [1.165, 1.54) is 17.3 Å². The number of aromatic nitrogens is 3. The fourth-order valence-corrected chi connectivity index (χ4v) is 4.02. The van der Waals surface area contributed by atoms with Crippen LogP contribution < -0.4 is 10.6 Å². The molecule has 0 spiro atoms. The van der Waals surface area contributed by atoms with Gasteiger partial charge in [-0.25, -0.2) is 0 Å². The van der Waals surface area contributed by atoms with Gasteiger partial charge in [0.05, 0.1) is 12.2 Å². The molecule has 3 rings (SSSR count). The van der Waals surface area contributed by atoms with Gasteiger partial charge in [-0.05, 0) is 51.0 Å². The lowest BCUT2D eigenvalue weighted by molar-refractivity contribution is -0.116. The van der Waals surface area contributed by atoms with Crippen LogP contribution in [0.3, 0.4) is 0 Å². The van der Waals surface area contributed by atoms with E-state index in [2.05, 4.69) is 20.8 Å². The van der Waals surface area contributed by atoms with Crippen LogP contribution in [-0.2, 0) is 23.1 Å². The van der Waals surface area contributed by atoms with Gasteiger partial charge in [-0.1, -0.05) is 47.2 Å². The molecule has 2 aromatic carbocycles. The normalized spacial score (nSPS) is 10.7. The third-order valence-corrected chi connectivity index (χ3v) is 5.87. The van der Waals surface area contributed by atoms with Crippen molar-refractivity contribution in [3.8, 4) is 0 Å². The quantitative estimate of drug-likeness (QED) is 0.546. The maximum atomic E-state index is 12.4. The van der Waals surface area contributed by atoms with Gasteiger partial charge in [-0.15, -0.1) is 10.2 Å². The maximum Gasteiger partial charge on any atom is 0.234 e. The standard InChI is InChI=1S/C23H27N5O2S/c1-14-6-8-18(9-7-14)24-20(29)12-19-26-27-23(28(19)5)31-13-21(30)25-22-16(3)10-15(2)11-17(22)4/h6-11H,12-13H2,1-5H3,(H,24,29)(H,25,30). The molecule has 7 nitrogen and oxygen atoms in total. The van der Waals surface area contributed by atoms with Crippen LogP contribution in [-0.4, -0.2) is 32.3 Å². The van der Waals surface area contributed by atoms with Gasteiger partial charge in [0.2, 0.25) is 11.8 Å². The number of aryl methyl sites for hydroxylation is 4. The number of carbonyl (C=O) groups is 2. The Balaban J connectivity index is 1.56. The van der Waals surface area contributed by atoms with E-state index in [0.717, 1.165) is 28.1 Å². The number of carbonyl (C=O) groups excluding carboxylic acids is 2. The van der Waals surface area contributed by atoms with Crippen LogP contribution in [0.25, 0.3) is 0 Å². The smallest absolute Gasteiger partial charge is 0.234 e. The van der Waals surface area contributed by atoms with Gasteiger partial charge in [0.1, 0.15) is 5.82 Å². The number of benzene rings is 2. The van der Waals surface area contributed by atoms with Gasteiger partial charge in [-0.2, -0.15) is 0 Å². The van der Waals surface area contributed by atoms with E-state index >= 15 is 0 Å². The lowest BCUT2D eigenvalue weighted by atomic mass is 10.1. The minimum absolute atomic E-state index is 0.103. The molecule has 8 heteroatoms. The molecule has 0 aliphatic heterocycles. The number of anilines is 2. The average molecular weight is 438 g/mol. The highest BCUT2D eigenvalue weighted by molar-refractivity contribution is 7.99. The third-order valence-electron chi connectivity index (χ3n) is 4.85. The highest BCUT2D eigenvalue weighted by Crippen LogP contribution is 2.23. The Labute approximate surface area is 186 Å². The van der Waals surface area contributed by atoms with Gasteiger partial charge < -0.3 is 15.2 Å². The summed E-state index contributed by atoms with van der Waals surface area (Å²) in [6.07, 6.45) is 0.103. The zero-order valence-corrected chi connectivity index (χ0v) is 19.3. The maximum absolute atomic E-state index is 12.4. The summed E-state index contributed by atoms with van der Waals surface area (Å²) in [6, 6.07) is 11.7. The topological polar surface area (TPSA) is 88.9 Å². The molecule has 1 heterocycles. The Morgan fingerprint density at radius 3 is 2.19 bits per heavy atom. The average Bonchev–Trinajstić information content (AvgIpc) is 3.04. The number of hydrogen-bond acceptors (Lipinski definition) is 5. The first-order valence-electron chi connectivity index (χ1n) is 9.98. The minimum atomic E-state index is -0.168. The van der Waals surface area contributed by atoms with Crippen LogP contribution in [0, 0.1) is 27.7 Å². The fraction of sp³-hybridized carbons (Fsp3) is 0.304. The van der Waals surface area contributed by atoms with E-state index in [-0.39, 0.29) is 24.0 Å². The second-order valence-corrected chi connectivity index (χ2v) is 8.60. The number of thioether (sulfide) groups is 1. The summed E-state index contributed by atoms with van der Waals surface area (Å²) in [4.78, 5) is 24.8. The van der Waals surface area contributed by atoms with Crippen LogP contribution in [0.1, 0.15) is 28.1 Å². The Kier molecular flexibility index (Phi) is 7.12. The minimum Gasteiger partial charge on any atom is -0.326 e. The summed E-state index contributed by atoms with van der Waals surface area (Å²) in [5.41, 5.74) is 5.96. The summed E-state index contributed by atoms with van der Waals surface area (Å²) >= 11 is 1.29. The molecule has 0 radical (unpaired) electrons. The largest absolute Gasteiger partial charge is 0.326 e. The first kappa shape index (κ1) is 22.6. The Morgan fingerprint density at radius 2 is 1.55 bits per heavy atom. The van der Waals surface area contributed by atoms with E-state index in [9.17, 15) is 9.59 Å². The lowest BCUT2D eigenvalue weighted by Crippen LogP contribution is -2.17. The molecule has 0 bridgehead atoms. The molecule has 2 N–H and O–H groups in total. The van der Waals surface area contributed by atoms with Crippen molar-refractivity contribution in [2.75, 3.05) is 16.4 Å². The van der Waals surface area contributed by atoms with Crippen LogP contribution in [0.2, 0.25) is 0 Å². The SMILES string of the molecule is Cc1ccc(NC(=O)Cc2nnc(SCC(=O)Nc3c(C)cc(C)cc3C)n2C)cc1. The van der Waals surface area contributed by atoms with Crippen LogP contribution in [0.4, 0.5) is 11.4 Å². The molecule has 162 valence electrons. The molecule has 1 aromatic heterocycles. The van der Waals surface area contributed by atoms with Crippen molar-refractivity contribution in [2.45, 2.75) is 39.3 Å². The molecule has 0 fully saturated rings. The molecule has 2 amide bonds. The molecule has 0 atom stereocenters. The molecule has 0 aliphatic carbocycles. The lowest BCUT2D eigenvalue weighted by Gasteiger charge is -2.12. The van der Waals surface area contributed by atoms with E-state index in [1.54, 1.807) is 11.6 Å². The number of hydrogen-bond donors (Lipinski definition) is 2. The van der Waals surface area contributed by atoms with Gasteiger partial charge in [0, 0.05) is 18.4 Å². The molecular formula is C23H27N5O2S. The van der Waals surface area contributed by atoms with Crippen molar-refractivity contribution in [1.29, 1.82) is 0 Å². The van der Waals surface area contributed by atoms with Crippen LogP contribution in [0.5, 0.6) is 0 Å². The summed E-state index contributed by atoms with van der Waals surface area (Å²) in [5, 5.41) is 14.7. The third kappa shape index (κ3) is 5.95. The zero-order chi connectivity index (χ0) is 22.5. The predicted octanol–water partition coefficient (Wildman–Crippen LogP) is 3.96. The van der Waals surface area contributed by atoms with E-state index in [1.807, 2.05) is 64.1 Å². The first-order chi connectivity index (χ1) is 14.7. The van der Waals surface area contributed by atoms with E-state index < -0.39 is 0 Å². The number of rotatable bonds is 7. The van der Waals surface area contributed by atoms with Crippen molar-refractivity contribution in [3.63, 3.8) is 0 Å². The van der Waals surface area contributed by atoms with Crippen molar-refractivity contribution in [3.05, 3.63) is 64.5 Å². The van der Waals surface area contributed by atoms with Crippen molar-refractivity contribution in [1.82, 2.24) is 14.8 Å². The van der Waals surface area contributed by atoms with Crippen LogP contribution >= 0.6 is 11.8 Å². The molecule has 0 saturated heterocycles. The molecule has 31 heavy (non-hydrogen) atoms. The van der Waals surface area contributed by atoms with Crippen LogP contribution in [0.15, 0.2) is 41.6 Å². The highest BCUT2D eigenvalue weighted by atomic mass is 32.2. The van der Waals surface area contributed by atoms with Gasteiger partial charge >= 0.3 is 0 Å². The van der Waals surface area contributed by atoms with Gasteiger partial charge in [0.25, 0.3) is 0 Å². The predicted molar refractivity (Wildman–Crippen MR) is 125 cm³/mol. The summed E-state index contributed by atoms with van der Waals surface area (Å²) in [7, 11) is 1.79. The van der Waals surface area contributed by atoms with E-state index in [0.29, 0.717) is 11.0 Å². The van der Waals surface area contributed by atoms with Crippen molar-refractivity contribution in [2.24, 2.45) is 7.05 Å². The first-order valence-corrected chi connectivity index (χ1v) is 11.0. The van der Waals surface area contributed by atoms with Gasteiger partial charge in [-0.3, -0.25) is 9.59 Å². The summed E-state index contributed by atoms with van der Waals surface area (Å²) < 4.78 is 1.75. The number of nitrogens with zero attached hydrogens (tertiary/aromatic N) is 3. The Bertz CT molecular complexity index is 1080. The zero-order valence-electron chi connectivity index (χ0n) is 18.4. The van der Waals surface area contributed by atoms with Crippen molar-refractivity contribution < 1.29 is 9.59 Å². The molecular weight excluding hydrogens is 410 g/mol. The van der Waals surface area contributed by atoms with Gasteiger partial charge in [0.15, 0.2) is 5.16 Å². The number of amides is 2. The second kappa shape index (κ2) is 9.78. The fourth-order valence-electron chi connectivity index (χ4n) is 3.29. The second-order valence-electron chi connectivity index (χ2n) is 7.66. The molecule has 0 unspecified atom stereocenters.